The molecule has 0 amide bonds. The van der Waals surface area contributed by atoms with Crippen molar-refractivity contribution in [3.63, 3.8) is 0 Å². The molecule has 0 saturated carbocycles. The van der Waals surface area contributed by atoms with Crippen LogP contribution in [0.1, 0.15) is 239 Å². The van der Waals surface area contributed by atoms with Crippen LogP contribution in [0.5, 0.6) is 0 Å². The number of hydrogen-bond donors (Lipinski definition) is 0. The van der Waals surface area contributed by atoms with Crippen molar-refractivity contribution < 1.29 is 28.6 Å². The normalized spacial score (nSPS) is 12.6. The molecule has 0 aliphatic heterocycles. The molecule has 0 unspecified atom stereocenters. The lowest BCUT2D eigenvalue weighted by Crippen LogP contribution is -2.30. The third-order valence-electron chi connectivity index (χ3n) is 10.7. The lowest BCUT2D eigenvalue weighted by Gasteiger charge is -2.18. The second kappa shape index (κ2) is 49.5. The Hall–Kier alpha value is -3.15. The maximum absolute atomic E-state index is 12.8. The second-order valence-corrected chi connectivity index (χ2v) is 16.7. The standard InChI is InChI=1S/C55H94O6/c1-4-7-10-13-16-19-22-25-26-27-28-31-33-36-39-42-45-48-54(57)60-51-52(61-55(58)49-46-43-40-37-34-30-24-21-18-15-12-9-6-3)50-59-53(56)47-44-41-38-35-32-29-23-20-17-14-11-8-5-2/h7,10,16,19,21,24-26,28,31,36,39,52H,4-6,8-9,11-15,17-18,20,22-23,27,29-30,32-35,37-38,40-51H2,1-3H3/b10-7-,19-16-,24-21-,26-25-,31-28-,39-36-/t52-/m1/s1. The molecule has 0 aliphatic carbocycles. The highest BCUT2D eigenvalue weighted by molar-refractivity contribution is 5.71. The lowest BCUT2D eigenvalue weighted by atomic mass is 10.0. The van der Waals surface area contributed by atoms with Crippen LogP contribution >= 0.6 is 0 Å². The Balaban J connectivity index is 4.47. The van der Waals surface area contributed by atoms with E-state index in [0.717, 1.165) is 89.9 Å². The molecule has 0 heterocycles. The summed E-state index contributed by atoms with van der Waals surface area (Å²) < 4.78 is 16.7. The largest absolute Gasteiger partial charge is 0.462 e. The average molecular weight is 851 g/mol. The molecule has 0 aromatic carbocycles. The van der Waals surface area contributed by atoms with Gasteiger partial charge in [0.2, 0.25) is 0 Å². The van der Waals surface area contributed by atoms with E-state index in [1.165, 1.54) is 103 Å². The van der Waals surface area contributed by atoms with Crippen LogP contribution in [0.15, 0.2) is 72.9 Å². The van der Waals surface area contributed by atoms with Gasteiger partial charge in [0, 0.05) is 19.3 Å². The van der Waals surface area contributed by atoms with Gasteiger partial charge in [-0.25, -0.2) is 0 Å². The van der Waals surface area contributed by atoms with Crippen molar-refractivity contribution in [2.75, 3.05) is 13.2 Å². The topological polar surface area (TPSA) is 78.9 Å². The van der Waals surface area contributed by atoms with E-state index in [9.17, 15) is 14.4 Å². The summed E-state index contributed by atoms with van der Waals surface area (Å²) in [6, 6.07) is 0. The van der Waals surface area contributed by atoms with Gasteiger partial charge in [0.05, 0.1) is 0 Å². The third kappa shape index (κ3) is 47.7. The quantitative estimate of drug-likeness (QED) is 0.0263. The Morgan fingerprint density at radius 2 is 0.656 bits per heavy atom. The van der Waals surface area contributed by atoms with Gasteiger partial charge >= 0.3 is 17.9 Å². The fourth-order valence-corrected chi connectivity index (χ4v) is 6.88. The number of esters is 3. The van der Waals surface area contributed by atoms with Crippen LogP contribution in [0.25, 0.3) is 0 Å². The first-order chi connectivity index (χ1) is 30.0. The lowest BCUT2D eigenvalue weighted by molar-refractivity contribution is -0.167. The summed E-state index contributed by atoms with van der Waals surface area (Å²) in [7, 11) is 0. The summed E-state index contributed by atoms with van der Waals surface area (Å²) in [5.74, 6) is -0.963. The number of unbranched alkanes of at least 4 members (excludes halogenated alkanes) is 22. The van der Waals surface area contributed by atoms with Gasteiger partial charge in [-0.05, 0) is 83.5 Å². The molecule has 0 bridgehead atoms. The molecule has 0 spiro atoms. The van der Waals surface area contributed by atoms with Crippen molar-refractivity contribution in [2.24, 2.45) is 0 Å². The molecular weight excluding hydrogens is 757 g/mol. The maximum Gasteiger partial charge on any atom is 0.306 e. The predicted octanol–water partition coefficient (Wildman–Crippen LogP) is 16.6. The minimum absolute atomic E-state index is 0.0948. The SMILES string of the molecule is CC/C=C\C/C=C\C/C=C\C/C=C\C/C=C\CCCC(=O)OC[C@@H](COC(=O)CCCCCCCCCCCCCCC)OC(=O)CCCCCCC/C=C\CCCCCC. The zero-order valence-electron chi connectivity index (χ0n) is 39.9. The molecule has 0 radical (unpaired) electrons. The molecule has 0 aromatic heterocycles. The fraction of sp³-hybridized carbons (Fsp3) is 0.727. The van der Waals surface area contributed by atoms with E-state index in [4.69, 9.17) is 14.2 Å². The number of rotatable bonds is 45. The molecule has 0 aliphatic rings. The molecule has 0 fully saturated rings. The summed E-state index contributed by atoms with van der Waals surface area (Å²) in [6.07, 6.45) is 61.7. The van der Waals surface area contributed by atoms with Crippen molar-refractivity contribution in [1.29, 1.82) is 0 Å². The van der Waals surface area contributed by atoms with Crippen molar-refractivity contribution in [1.82, 2.24) is 0 Å². The van der Waals surface area contributed by atoms with E-state index in [2.05, 4.69) is 93.7 Å². The van der Waals surface area contributed by atoms with Crippen molar-refractivity contribution in [3.05, 3.63) is 72.9 Å². The summed E-state index contributed by atoms with van der Waals surface area (Å²) in [5, 5.41) is 0. The van der Waals surface area contributed by atoms with Crippen molar-refractivity contribution in [3.8, 4) is 0 Å². The molecule has 0 aromatic rings. The maximum atomic E-state index is 12.8. The van der Waals surface area contributed by atoms with Crippen molar-refractivity contribution >= 4 is 17.9 Å². The van der Waals surface area contributed by atoms with E-state index in [0.29, 0.717) is 19.3 Å². The van der Waals surface area contributed by atoms with E-state index in [1.807, 2.05) is 0 Å². The highest BCUT2D eigenvalue weighted by Gasteiger charge is 2.19. The van der Waals surface area contributed by atoms with Crippen LogP contribution in [0.4, 0.5) is 0 Å². The van der Waals surface area contributed by atoms with Crippen LogP contribution in [-0.2, 0) is 28.6 Å². The summed E-state index contributed by atoms with van der Waals surface area (Å²) in [4.78, 5) is 37.9. The predicted molar refractivity (Wildman–Crippen MR) is 261 cm³/mol. The van der Waals surface area contributed by atoms with Gasteiger partial charge in [0.25, 0.3) is 0 Å². The van der Waals surface area contributed by atoms with Crippen LogP contribution in [0.3, 0.4) is 0 Å². The first-order valence-electron chi connectivity index (χ1n) is 25.4. The summed E-state index contributed by atoms with van der Waals surface area (Å²) in [6.45, 7) is 6.45. The number of allylic oxidation sites excluding steroid dienone is 12. The molecule has 1 atom stereocenters. The number of carbonyl (C=O) groups excluding carboxylic acids is 3. The third-order valence-corrected chi connectivity index (χ3v) is 10.7. The van der Waals surface area contributed by atoms with Crippen LogP contribution in [0.2, 0.25) is 0 Å². The first kappa shape index (κ1) is 57.9. The monoisotopic (exact) mass is 851 g/mol. The average Bonchev–Trinajstić information content (AvgIpc) is 3.26. The minimum atomic E-state index is -0.799. The van der Waals surface area contributed by atoms with Gasteiger partial charge in [0.15, 0.2) is 6.10 Å². The highest BCUT2D eigenvalue weighted by Crippen LogP contribution is 2.14. The van der Waals surface area contributed by atoms with Gasteiger partial charge < -0.3 is 14.2 Å². The fourth-order valence-electron chi connectivity index (χ4n) is 6.88. The van der Waals surface area contributed by atoms with Crippen LogP contribution in [-0.4, -0.2) is 37.2 Å². The van der Waals surface area contributed by atoms with Crippen LogP contribution < -0.4 is 0 Å². The number of ether oxygens (including phenoxy) is 3. The molecule has 6 heteroatoms. The summed E-state index contributed by atoms with van der Waals surface area (Å²) >= 11 is 0. The zero-order chi connectivity index (χ0) is 44.4. The van der Waals surface area contributed by atoms with E-state index < -0.39 is 6.10 Å². The van der Waals surface area contributed by atoms with Gasteiger partial charge in [-0.1, -0.05) is 209 Å². The Morgan fingerprint density at radius 1 is 0.344 bits per heavy atom. The van der Waals surface area contributed by atoms with Gasteiger partial charge in [-0.2, -0.15) is 0 Å². The number of hydrogen-bond acceptors (Lipinski definition) is 6. The van der Waals surface area contributed by atoms with Gasteiger partial charge in [-0.15, -0.1) is 0 Å². The Kier molecular flexibility index (Phi) is 46.9. The molecule has 6 nitrogen and oxygen atoms in total. The van der Waals surface area contributed by atoms with E-state index in [1.54, 1.807) is 0 Å². The molecule has 61 heavy (non-hydrogen) atoms. The Labute approximate surface area is 376 Å². The Morgan fingerprint density at radius 3 is 1.10 bits per heavy atom. The van der Waals surface area contributed by atoms with Gasteiger partial charge in [0.1, 0.15) is 13.2 Å². The minimum Gasteiger partial charge on any atom is -0.462 e. The van der Waals surface area contributed by atoms with Crippen LogP contribution in [0, 0.1) is 0 Å². The van der Waals surface area contributed by atoms with E-state index in [-0.39, 0.29) is 37.5 Å². The first-order valence-corrected chi connectivity index (χ1v) is 25.4. The highest BCUT2D eigenvalue weighted by atomic mass is 16.6. The van der Waals surface area contributed by atoms with Gasteiger partial charge in [-0.3, -0.25) is 14.4 Å². The molecule has 0 rings (SSSR count). The molecule has 0 N–H and O–H groups in total. The molecule has 0 saturated heterocycles. The smallest absolute Gasteiger partial charge is 0.306 e. The van der Waals surface area contributed by atoms with E-state index >= 15 is 0 Å². The number of carbonyl (C=O) groups is 3. The summed E-state index contributed by atoms with van der Waals surface area (Å²) in [5.41, 5.74) is 0. The van der Waals surface area contributed by atoms with Crippen molar-refractivity contribution in [2.45, 2.75) is 245 Å². The molecule has 350 valence electrons. The molecular formula is C55H94O6. The second-order valence-electron chi connectivity index (χ2n) is 16.7. The Bertz CT molecular complexity index is 1160. The zero-order valence-corrected chi connectivity index (χ0v) is 39.9.